The van der Waals surface area contributed by atoms with Gasteiger partial charge in [-0.05, 0) is 42.5 Å². The number of nitriles is 1. The first-order valence-corrected chi connectivity index (χ1v) is 6.81. The van der Waals surface area contributed by atoms with Crippen LogP contribution in [0.3, 0.4) is 0 Å². The second-order valence-corrected chi connectivity index (χ2v) is 4.69. The number of methoxy groups -OCH3 is 1. The zero-order valence-corrected chi connectivity index (χ0v) is 12.4. The van der Waals surface area contributed by atoms with E-state index in [4.69, 9.17) is 26.3 Å². The van der Waals surface area contributed by atoms with Crippen LogP contribution in [0.4, 0.5) is 5.69 Å². The van der Waals surface area contributed by atoms with Crippen molar-refractivity contribution in [2.75, 3.05) is 25.6 Å². The molecule has 0 heterocycles. The summed E-state index contributed by atoms with van der Waals surface area (Å²) in [5.74, 6) is 1.56. The normalized spacial score (nSPS) is 9.76. The summed E-state index contributed by atoms with van der Waals surface area (Å²) in [6.07, 6.45) is 0. The number of halogens is 1. The highest BCUT2D eigenvalue weighted by Gasteiger charge is 2.02. The van der Waals surface area contributed by atoms with Crippen LogP contribution < -0.4 is 14.8 Å². The zero-order valence-electron chi connectivity index (χ0n) is 11.6. The van der Waals surface area contributed by atoms with Gasteiger partial charge in [-0.2, -0.15) is 5.26 Å². The molecule has 5 heteroatoms. The molecule has 0 saturated carbocycles. The highest BCUT2D eigenvalue weighted by atomic mass is 35.5. The minimum absolute atomic E-state index is 0.486. The maximum Gasteiger partial charge on any atom is 0.119 e. The van der Waals surface area contributed by atoms with E-state index in [0.29, 0.717) is 23.7 Å². The van der Waals surface area contributed by atoms with E-state index in [0.717, 1.165) is 17.2 Å². The number of rotatable bonds is 6. The molecule has 2 rings (SSSR count). The Hall–Kier alpha value is -2.38. The molecular weight excluding hydrogens is 288 g/mol. The first-order valence-electron chi connectivity index (χ1n) is 6.43. The van der Waals surface area contributed by atoms with Gasteiger partial charge in [-0.15, -0.1) is 0 Å². The van der Waals surface area contributed by atoms with Gasteiger partial charge in [0.25, 0.3) is 0 Å². The summed E-state index contributed by atoms with van der Waals surface area (Å²) in [6, 6.07) is 14.7. The number of ether oxygens (including phenoxy) is 2. The minimum Gasteiger partial charge on any atom is -0.497 e. The molecule has 1 N–H and O–H groups in total. The maximum atomic E-state index is 9.04. The van der Waals surface area contributed by atoms with Crippen molar-refractivity contribution in [2.24, 2.45) is 0 Å². The van der Waals surface area contributed by atoms with Gasteiger partial charge >= 0.3 is 0 Å². The van der Waals surface area contributed by atoms with Crippen molar-refractivity contribution in [3.8, 4) is 17.6 Å². The largest absolute Gasteiger partial charge is 0.497 e. The Labute approximate surface area is 128 Å². The summed E-state index contributed by atoms with van der Waals surface area (Å²) in [4.78, 5) is 0. The van der Waals surface area contributed by atoms with Gasteiger partial charge in [0.2, 0.25) is 0 Å². The Balaban J connectivity index is 1.83. The molecule has 0 fully saturated rings. The van der Waals surface area contributed by atoms with Gasteiger partial charge in [0.1, 0.15) is 24.2 Å². The van der Waals surface area contributed by atoms with Crippen LogP contribution in [0.25, 0.3) is 0 Å². The Morgan fingerprint density at radius 3 is 2.52 bits per heavy atom. The Morgan fingerprint density at radius 2 is 1.86 bits per heavy atom. The third-order valence-electron chi connectivity index (χ3n) is 2.85. The van der Waals surface area contributed by atoms with Crippen molar-refractivity contribution in [3.05, 3.63) is 53.1 Å². The molecule has 0 unspecified atom stereocenters. The summed E-state index contributed by atoms with van der Waals surface area (Å²) in [6.45, 7) is 1.07. The van der Waals surface area contributed by atoms with E-state index in [2.05, 4.69) is 11.4 Å². The van der Waals surface area contributed by atoms with E-state index in [-0.39, 0.29) is 0 Å². The lowest BCUT2D eigenvalue weighted by Crippen LogP contribution is -2.12. The molecule has 0 radical (unpaired) electrons. The van der Waals surface area contributed by atoms with Crippen molar-refractivity contribution in [2.45, 2.75) is 0 Å². The van der Waals surface area contributed by atoms with Crippen molar-refractivity contribution in [1.29, 1.82) is 5.26 Å². The van der Waals surface area contributed by atoms with Gasteiger partial charge in [0, 0.05) is 11.6 Å². The smallest absolute Gasteiger partial charge is 0.119 e. The SMILES string of the molecule is COc1ccc(OCCNc2ccc(Cl)cc2C#N)cc1. The van der Waals surface area contributed by atoms with Gasteiger partial charge in [-0.3, -0.25) is 0 Å². The molecule has 2 aromatic carbocycles. The standard InChI is InChI=1S/C16H15ClN2O2/c1-20-14-3-5-15(6-4-14)21-9-8-19-16-7-2-13(17)10-12(16)11-18/h2-7,10,19H,8-9H2,1H3. The van der Waals surface area contributed by atoms with E-state index in [1.54, 1.807) is 25.3 Å². The summed E-state index contributed by atoms with van der Waals surface area (Å²) in [7, 11) is 1.62. The third kappa shape index (κ3) is 4.30. The van der Waals surface area contributed by atoms with Crippen molar-refractivity contribution in [3.63, 3.8) is 0 Å². The fourth-order valence-corrected chi connectivity index (χ4v) is 1.96. The Morgan fingerprint density at radius 1 is 1.14 bits per heavy atom. The monoisotopic (exact) mass is 302 g/mol. The van der Waals surface area contributed by atoms with Gasteiger partial charge in [-0.25, -0.2) is 0 Å². The number of nitrogens with zero attached hydrogens (tertiary/aromatic N) is 1. The molecule has 2 aromatic rings. The van der Waals surface area contributed by atoms with Crippen LogP contribution >= 0.6 is 11.6 Å². The molecule has 0 aliphatic carbocycles. The predicted octanol–water partition coefficient (Wildman–Crippen LogP) is 3.71. The summed E-state index contributed by atoms with van der Waals surface area (Å²) >= 11 is 5.85. The van der Waals surface area contributed by atoms with Gasteiger partial charge in [-0.1, -0.05) is 11.6 Å². The molecule has 0 saturated heterocycles. The Kier molecular flexibility index (Phi) is 5.30. The van der Waals surface area contributed by atoms with E-state index >= 15 is 0 Å². The Bertz CT molecular complexity index is 636. The van der Waals surface area contributed by atoms with Gasteiger partial charge in [0.05, 0.1) is 18.4 Å². The van der Waals surface area contributed by atoms with E-state index in [1.807, 2.05) is 24.3 Å². The van der Waals surface area contributed by atoms with Crippen LogP contribution in [0, 0.1) is 11.3 Å². The molecule has 21 heavy (non-hydrogen) atoms. The summed E-state index contributed by atoms with van der Waals surface area (Å²) in [5, 5.41) is 12.7. The fraction of sp³-hybridized carbons (Fsp3) is 0.188. The lowest BCUT2D eigenvalue weighted by Gasteiger charge is -2.10. The predicted molar refractivity (Wildman–Crippen MR) is 83.1 cm³/mol. The molecule has 0 atom stereocenters. The molecule has 4 nitrogen and oxygen atoms in total. The molecule has 0 amide bonds. The number of hydrogen-bond donors (Lipinski definition) is 1. The van der Waals surface area contributed by atoms with Crippen LogP contribution in [-0.4, -0.2) is 20.3 Å². The average molecular weight is 303 g/mol. The van der Waals surface area contributed by atoms with Crippen LogP contribution in [0.2, 0.25) is 5.02 Å². The van der Waals surface area contributed by atoms with Gasteiger partial charge in [0.15, 0.2) is 0 Å². The number of benzene rings is 2. The topological polar surface area (TPSA) is 54.3 Å². The van der Waals surface area contributed by atoms with Gasteiger partial charge < -0.3 is 14.8 Å². The molecule has 0 aliphatic rings. The lowest BCUT2D eigenvalue weighted by molar-refractivity contribution is 0.332. The van der Waals surface area contributed by atoms with E-state index in [9.17, 15) is 0 Å². The quantitative estimate of drug-likeness (QED) is 0.826. The molecule has 108 valence electrons. The third-order valence-corrected chi connectivity index (χ3v) is 3.08. The number of anilines is 1. The van der Waals surface area contributed by atoms with Crippen LogP contribution in [0.5, 0.6) is 11.5 Å². The highest BCUT2D eigenvalue weighted by Crippen LogP contribution is 2.20. The average Bonchev–Trinajstić information content (AvgIpc) is 2.53. The molecule has 0 aliphatic heterocycles. The second-order valence-electron chi connectivity index (χ2n) is 4.25. The molecule has 0 spiro atoms. The highest BCUT2D eigenvalue weighted by molar-refractivity contribution is 6.30. The van der Waals surface area contributed by atoms with Crippen LogP contribution in [-0.2, 0) is 0 Å². The second kappa shape index (κ2) is 7.41. The van der Waals surface area contributed by atoms with E-state index in [1.165, 1.54) is 0 Å². The first kappa shape index (κ1) is 15.0. The molecule has 0 bridgehead atoms. The fourth-order valence-electron chi connectivity index (χ4n) is 1.79. The van der Waals surface area contributed by atoms with Crippen molar-refractivity contribution < 1.29 is 9.47 Å². The lowest BCUT2D eigenvalue weighted by atomic mass is 10.2. The molecular formula is C16H15ClN2O2. The number of hydrogen-bond acceptors (Lipinski definition) is 4. The number of nitrogens with one attached hydrogen (secondary N) is 1. The van der Waals surface area contributed by atoms with Crippen molar-refractivity contribution in [1.82, 2.24) is 0 Å². The van der Waals surface area contributed by atoms with Crippen LogP contribution in [0.15, 0.2) is 42.5 Å². The minimum atomic E-state index is 0.486. The first-order chi connectivity index (χ1) is 10.2. The zero-order chi connectivity index (χ0) is 15.1. The van der Waals surface area contributed by atoms with Crippen LogP contribution in [0.1, 0.15) is 5.56 Å². The summed E-state index contributed by atoms with van der Waals surface area (Å²) < 4.78 is 10.7. The van der Waals surface area contributed by atoms with Crippen molar-refractivity contribution >= 4 is 17.3 Å². The van der Waals surface area contributed by atoms with E-state index < -0.39 is 0 Å². The molecule has 0 aromatic heterocycles. The summed E-state index contributed by atoms with van der Waals surface area (Å²) in [5.41, 5.74) is 1.27. The maximum absolute atomic E-state index is 9.04.